The molecule has 3 N–H and O–H groups in total. The summed E-state index contributed by atoms with van der Waals surface area (Å²) in [6.45, 7) is 3.54. The van der Waals surface area contributed by atoms with Crippen LogP contribution >= 0.6 is 22.6 Å². The number of anilines is 1. The first kappa shape index (κ1) is 27.3. The van der Waals surface area contributed by atoms with Crippen LogP contribution in [0.25, 0.3) is 6.08 Å². The van der Waals surface area contributed by atoms with Crippen molar-refractivity contribution in [3.05, 3.63) is 68.3 Å². The minimum Gasteiger partial charge on any atom is -0.504 e. The standard InChI is InChI=1S/C29H32INO6/c1-16(11-18-13-22(30)27(34)24(14-18)37-3)9-10-23(33)25-17(2)12-20-26(21(25)15-32)29(36)31(28(20)35)19-7-5-4-6-8-19/h4-8,11,13-14,20-21,23,26,32-34H,9-10,12,15H2,1-3H3/b16-11+/t20-,21+,23-,26-/m1/s1. The van der Waals surface area contributed by atoms with Crippen molar-refractivity contribution in [3.63, 3.8) is 0 Å². The highest BCUT2D eigenvalue weighted by Gasteiger charge is 2.54. The van der Waals surface area contributed by atoms with Crippen molar-refractivity contribution in [2.75, 3.05) is 18.6 Å². The van der Waals surface area contributed by atoms with Crippen LogP contribution < -0.4 is 9.64 Å². The number of rotatable bonds is 8. The number of phenolic OH excluding ortho intramolecular Hbond substituents is 1. The minimum atomic E-state index is -0.843. The number of amides is 2. The molecule has 1 saturated heterocycles. The number of para-hydroxylation sites is 1. The number of benzene rings is 2. The van der Waals surface area contributed by atoms with E-state index in [2.05, 4.69) is 22.6 Å². The van der Waals surface area contributed by atoms with E-state index in [4.69, 9.17) is 4.74 Å². The zero-order chi connectivity index (χ0) is 26.9. The molecule has 1 aliphatic carbocycles. The highest BCUT2D eigenvalue weighted by atomic mass is 127. The van der Waals surface area contributed by atoms with Crippen LogP contribution in [0.3, 0.4) is 0 Å². The van der Waals surface area contributed by atoms with Gasteiger partial charge in [-0.1, -0.05) is 35.4 Å². The number of imide groups is 1. The van der Waals surface area contributed by atoms with Gasteiger partial charge >= 0.3 is 0 Å². The monoisotopic (exact) mass is 617 g/mol. The number of allylic oxidation sites excluding steroid dienone is 2. The third-order valence-corrected chi connectivity index (χ3v) is 8.22. The molecule has 7 nitrogen and oxygen atoms in total. The topological polar surface area (TPSA) is 107 Å². The second-order valence-corrected chi connectivity index (χ2v) is 11.0. The molecule has 0 bridgehead atoms. The van der Waals surface area contributed by atoms with E-state index < -0.39 is 23.9 Å². The molecular formula is C29H32INO6. The van der Waals surface area contributed by atoms with Gasteiger partial charge in [-0.25, -0.2) is 0 Å². The highest BCUT2D eigenvalue weighted by Crippen LogP contribution is 2.47. The number of nitrogens with zero attached hydrogens (tertiary/aromatic N) is 1. The number of carbonyl (C=O) groups excluding carboxylic acids is 2. The fourth-order valence-electron chi connectivity index (χ4n) is 5.66. The molecule has 1 aliphatic heterocycles. The maximum atomic E-state index is 13.4. The number of carbonyl (C=O) groups is 2. The Labute approximate surface area is 230 Å². The summed E-state index contributed by atoms with van der Waals surface area (Å²) in [5, 5.41) is 31.6. The SMILES string of the molecule is COc1cc(/C=C(\C)CC[C@@H](O)C2=C(C)C[C@H]3C(=O)N(c4ccccc4)C(=O)[C@H]3[C@H]2CO)cc(I)c1O. The first-order valence-corrected chi connectivity index (χ1v) is 13.4. The molecule has 0 saturated carbocycles. The van der Waals surface area contributed by atoms with E-state index in [0.717, 1.165) is 16.7 Å². The van der Waals surface area contributed by atoms with E-state index in [-0.39, 0.29) is 24.2 Å². The first-order valence-electron chi connectivity index (χ1n) is 12.3. The zero-order valence-corrected chi connectivity index (χ0v) is 23.3. The van der Waals surface area contributed by atoms with Crippen molar-refractivity contribution in [3.8, 4) is 11.5 Å². The molecule has 0 unspecified atom stereocenters. The summed E-state index contributed by atoms with van der Waals surface area (Å²) < 4.78 is 5.92. The molecule has 0 spiro atoms. The Kier molecular flexibility index (Phi) is 8.40. The van der Waals surface area contributed by atoms with Crippen LogP contribution in [0.1, 0.15) is 38.7 Å². The highest BCUT2D eigenvalue weighted by molar-refractivity contribution is 14.1. The lowest BCUT2D eigenvalue weighted by atomic mass is 9.68. The summed E-state index contributed by atoms with van der Waals surface area (Å²) >= 11 is 2.05. The van der Waals surface area contributed by atoms with Gasteiger partial charge in [-0.05, 0) is 91.1 Å². The molecule has 1 heterocycles. The lowest BCUT2D eigenvalue weighted by molar-refractivity contribution is -0.123. The summed E-state index contributed by atoms with van der Waals surface area (Å²) in [5.74, 6) is -1.88. The van der Waals surface area contributed by atoms with Gasteiger partial charge in [-0.3, -0.25) is 14.5 Å². The van der Waals surface area contributed by atoms with Crippen molar-refractivity contribution in [1.82, 2.24) is 0 Å². The predicted molar refractivity (Wildman–Crippen MR) is 150 cm³/mol. The lowest BCUT2D eigenvalue weighted by Crippen LogP contribution is -2.38. The fraction of sp³-hybridized carbons (Fsp3) is 0.379. The second kappa shape index (κ2) is 11.4. The van der Waals surface area contributed by atoms with Crippen molar-refractivity contribution in [1.29, 1.82) is 0 Å². The molecular weight excluding hydrogens is 585 g/mol. The second-order valence-electron chi connectivity index (χ2n) is 9.81. The Bertz CT molecular complexity index is 1250. The lowest BCUT2D eigenvalue weighted by Gasteiger charge is -2.35. The van der Waals surface area contributed by atoms with Crippen LogP contribution in [0.2, 0.25) is 0 Å². The Morgan fingerprint density at radius 1 is 1.22 bits per heavy atom. The number of hydrogen-bond acceptors (Lipinski definition) is 6. The number of fused-ring (bicyclic) bond motifs is 1. The summed E-state index contributed by atoms with van der Waals surface area (Å²) in [7, 11) is 1.51. The molecule has 196 valence electrons. The average molecular weight is 617 g/mol. The molecule has 2 aromatic carbocycles. The maximum Gasteiger partial charge on any atom is 0.238 e. The Balaban J connectivity index is 1.52. The van der Waals surface area contributed by atoms with E-state index in [0.29, 0.717) is 39.8 Å². The number of halogens is 1. The van der Waals surface area contributed by atoms with Gasteiger partial charge in [0.05, 0.1) is 40.9 Å². The van der Waals surface area contributed by atoms with E-state index >= 15 is 0 Å². The van der Waals surface area contributed by atoms with Crippen LogP contribution in [0, 0.1) is 21.3 Å². The van der Waals surface area contributed by atoms with Gasteiger partial charge in [0.25, 0.3) is 0 Å². The van der Waals surface area contributed by atoms with Crippen LogP contribution in [0.5, 0.6) is 11.5 Å². The smallest absolute Gasteiger partial charge is 0.238 e. The molecule has 4 atom stereocenters. The number of aromatic hydroxyl groups is 1. The summed E-state index contributed by atoms with van der Waals surface area (Å²) in [6.07, 6.45) is 2.54. The van der Waals surface area contributed by atoms with Crippen molar-refractivity contribution >= 4 is 46.2 Å². The molecule has 2 aromatic rings. The molecule has 0 aromatic heterocycles. The Hall–Kier alpha value is -2.69. The Morgan fingerprint density at radius 2 is 1.92 bits per heavy atom. The first-order chi connectivity index (χ1) is 17.7. The third-order valence-electron chi connectivity index (χ3n) is 7.39. The van der Waals surface area contributed by atoms with E-state index in [1.807, 2.05) is 32.1 Å². The number of aliphatic hydroxyl groups is 2. The van der Waals surface area contributed by atoms with Gasteiger partial charge in [-0.2, -0.15) is 0 Å². The van der Waals surface area contributed by atoms with Gasteiger partial charge in [0, 0.05) is 5.92 Å². The van der Waals surface area contributed by atoms with Gasteiger partial charge in [0.1, 0.15) is 0 Å². The largest absolute Gasteiger partial charge is 0.504 e. The van der Waals surface area contributed by atoms with Gasteiger partial charge < -0.3 is 20.1 Å². The summed E-state index contributed by atoms with van der Waals surface area (Å²) in [5.41, 5.74) is 3.98. The molecule has 2 aliphatic rings. The van der Waals surface area contributed by atoms with Crippen LogP contribution in [0.4, 0.5) is 5.69 Å². The number of ether oxygens (including phenoxy) is 1. The number of hydrogen-bond donors (Lipinski definition) is 3. The predicted octanol–water partition coefficient (Wildman–Crippen LogP) is 4.68. The summed E-state index contributed by atoms with van der Waals surface area (Å²) in [6, 6.07) is 12.5. The summed E-state index contributed by atoms with van der Waals surface area (Å²) in [4.78, 5) is 27.9. The normalized spacial score (nSPS) is 22.9. The fourth-order valence-corrected chi connectivity index (χ4v) is 6.28. The van der Waals surface area contributed by atoms with Gasteiger partial charge in [0.15, 0.2) is 11.5 Å². The molecule has 8 heteroatoms. The molecule has 1 fully saturated rings. The van der Waals surface area contributed by atoms with Crippen molar-refractivity contribution < 1.29 is 29.6 Å². The zero-order valence-electron chi connectivity index (χ0n) is 21.1. The van der Waals surface area contributed by atoms with Crippen LogP contribution in [0.15, 0.2) is 59.2 Å². The van der Waals surface area contributed by atoms with Gasteiger partial charge in [0.2, 0.25) is 11.8 Å². The maximum absolute atomic E-state index is 13.4. The van der Waals surface area contributed by atoms with Crippen molar-refractivity contribution in [2.45, 2.75) is 39.2 Å². The van der Waals surface area contributed by atoms with Gasteiger partial charge in [-0.15, -0.1) is 0 Å². The average Bonchev–Trinajstić information content (AvgIpc) is 3.13. The number of phenols is 1. The minimum absolute atomic E-state index is 0.104. The molecule has 4 rings (SSSR count). The van der Waals surface area contributed by atoms with Crippen LogP contribution in [-0.2, 0) is 9.59 Å². The van der Waals surface area contributed by atoms with Crippen molar-refractivity contribution in [2.24, 2.45) is 17.8 Å². The van der Waals surface area contributed by atoms with E-state index in [9.17, 15) is 24.9 Å². The quantitative estimate of drug-likeness (QED) is 0.226. The Morgan fingerprint density at radius 3 is 2.57 bits per heavy atom. The number of aliphatic hydroxyl groups excluding tert-OH is 2. The van der Waals surface area contributed by atoms with Crippen LogP contribution in [-0.4, -0.2) is 47.0 Å². The van der Waals surface area contributed by atoms with E-state index in [1.165, 1.54) is 12.0 Å². The third kappa shape index (κ3) is 5.32. The molecule has 2 amide bonds. The number of methoxy groups -OCH3 is 1. The molecule has 0 radical (unpaired) electrons. The molecule has 37 heavy (non-hydrogen) atoms. The van der Waals surface area contributed by atoms with E-state index in [1.54, 1.807) is 30.3 Å².